The van der Waals surface area contributed by atoms with Gasteiger partial charge in [0.2, 0.25) is 0 Å². The van der Waals surface area contributed by atoms with Gasteiger partial charge in [0.1, 0.15) is 0 Å². The van der Waals surface area contributed by atoms with Gasteiger partial charge in [0, 0.05) is 11.5 Å². The molecule has 1 aliphatic heterocycles. The molecule has 0 aromatic heterocycles. The topological polar surface area (TPSA) is 56.8 Å². The molecule has 1 aliphatic carbocycles. The van der Waals surface area contributed by atoms with Crippen molar-refractivity contribution in [1.29, 1.82) is 0 Å². The van der Waals surface area contributed by atoms with Crippen molar-refractivity contribution in [3.8, 4) is 23.3 Å². The summed E-state index contributed by atoms with van der Waals surface area (Å²) in [5.74, 6) is 4.89. The maximum absolute atomic E-state index is 14.7. The molecule has 0 saturated heterocycles. The predicted octanol–water partition coefficient (Wildman–Crippen LogP) is 8.84. The van der Waals surface area contributed by atoms with Gasteiger partial charge in [-0.15, -0.1) is 0 Å². The molecule has 1 saturated carbocycles. The molecule has 37 heavy (non-hydrogen) atoms. The molecular weight excluding hydrogens is 539 g/mol. The summed E-state index contributed by atoms with van der Waals surface area (Å²) in [6.07, 6.45) is -4.88. The number of ether oxygens (including phenoxy) is 1. The van der Waals surface area contributed by atoms with Crippen molar-refractivity contribution in [3.05, 3.63) is 16.7 Å². The highest BCUT2D eigenvalue weighted by Gasteiger charge is 2.63. The van der Waals surface area contributed by atoms with Gasteiger partial charge < -0.3 is 13.6 Å². The number of hydrogen-bond acceptors (Lipinski definition) is 4. The van der Waals surface area contributed by atoms with Gasteiger partial charge in [-0.2, -0.15) is 13.2 Å². The molecule has 1 aromatic rings. The molecule has 11 heteroatoms. The Bertz CT molecular complexity index is 1160. The van der Waals surface area contributed by atoms with Gasteiger partial charge in [-0.1, -0.05) is 59.1 Å². The Labute approximate surface area is 225 Å². The molecule has 1 N–H and O–H groups in total. The fourth-order valence-corrected chi connectivity index (χ4v) is 5.48. The van der Waals surface area contributed by atoms with E-state index in [0.29, 0.717) is 12.8 Å². The highest BCUT2D eigenvalue weighted by atomic mass is 35.5. The van der Waals surface area contributed by atoms with Crippen molar-refractivity contribution in [2.45, 2.75) is 102 Å². The van der Waals surface area contributed by atoms with E-state index in [1.165, 1.54) is 0 Å². The average molecular weight is 576 g/mol. The second-order valence-electron chi connectivity index (χ2n) is 12.9. The third-order valence-corrected chi connectivity index (χ3v) is 16.7. The molecular formula is C26H37ClF3NO4Si2. The normalized spacial score (nSPS) is 20.8. The lowest BCUT2D eigenvalue weighted by Gasteiger charge is -2.42. The number of fused-ring (bicyclic) bond motifs is 1. The molecule has 1 amide bonds. The van der Waals surface area contributed by atoms with Gasteiger partial charge in [0.05, 0.1) is 10.7 Å². The van der Waals surface area contributed by atoms with Crippen LogP contribution >= 0.6 is 11.6 Å². The van der Waals surface area contributed by atoms with Crippen molar-refractivity contribution in [3.63, 3.8) is 0 Å². The third kappa shape index (κ3) is 5.64. The van der Waals surface area contributed by atoms with Crippen molar-refractivity contribution in [2.75, 3.05) is 5.32 Å². The Hall–Kier alpha value is -1.84. The highest BCUT2D eigenvalue weighted by molar-refractivity contribution is 6.75. The van der Waals surface area contributed by atoms with Gasteiger partial charge in [-0.05, 0) is 61.1 Å². The number of carbonyl (C=O) groups excluding carboxylic acids is 1. The van der Waals surface area contributed by atoms with E-state index in [0.717, 1.165) is 6.07 Å². The lowest BCUT2D eigenvalue weighted by atomic mass is 9.89. The minimum Gasteiger partial charge on any atom is -0.540 e. The number of rotatable bonds is 4. The van der Waals surface area contributed by atoms with E-state index in [1.807, 2.05) is 67.7 Å². The smallest absolute Gasteiger partial charge is 0.445 e. The summed E-state index contributed by atoms with van der Waals surface area (Å²) in [7, 11) is -5.18. The zero-order valence-electron chi connectivity index (χ0n) is 23.2. The summed E-state index contributed by atoms with van der Waals surface area (Å²) in [6.45, 7) is 20.1. The van der Waals surface area contributed by atoms with Crippen LogP contribution in [0.2, 0.25) is 41.3 Å². The number of halogens is 4. The minimum atomic E-state index is -5.03. The zero-order chi connectivity index (χ0) is 28.4. The molecule has 3 rings (SSSR count). The van der Waals surface area contributed by atoms with Crippen LogP contribution < -0.4 is 14.2 Å². The number of benzene rings is 1. The van der Waals surface area contributed by atoms with Crippen LogP contribution in [0.25, 0.3) is 0 Å². The van der Waals surface area contributed by atoms with Crippen LogP contribution in [0.1, 0.15) is 59.9 Å². The lowest BCUT2D eigenvalue weighted by molar-refractivity contribution is -0.239. The predicted molar refractivity (Wildman–Crippen MR) is 145 cm³/mol. The second kappa shape index (κ2) is 9.13. The number of cyclic esters (lactones) is 1. The van der Waals surface area contributed by atoms with Gasteiger partial charge in [0.15, 0.2) is 11.5 Å². The minimum absolute atomic E-state index is 0.00239. The number of alkyl halides is 3. The van der Waals surface area contributed by atoms with Crippen molar-refractivity contribution in [2.24, 2.45) is 5.92 Å². The van der Waals surface area contributed by atoms with Crippen molar-refractivity contribution in [1.82, 2.24) is 0 Å². The number of hydrogen-bond donors (Lipinski definition) is 1. The summed E-state index contributed by atoms with van der Waals surface area (Å²) >= 11 is 6.70. The Kier molecular flexibility index (Phi) is 7.33. The summed E-state index contributed by atoms with van der Waals surface area (Å²) in [4.78, 5) is 12.7. The van der Waals surface area contributed by atoms with E-state index < -0.39 is 40.1 Å². The van der Waals surface area contributed by atoms with Crippen LogP contribution in [0.5, 0.6) is 11.5 Å². The van der Waals surface area contributed by atoms with Crippen LogP contribution in [0.4, 0.5) is 23.7 Å². The van der Waals surface area contributed by atoms with E-state index in [-0.39, 0.29) is 38.2 Å². The first kappa shape index (κ1) is 29.7. The first-order valence-electron chi connectivity index (χ1n) is 12.4. The van der Waals surface area contributed by atoms with E-state index in [2.05, 4.69) is 17.2 Å². The summed E-state index contributed by atoms with van der Waals surface area (Å²) in [5.41, 5.74) is -3.76. The quantitative estimate of drug-likeness (QED) is 0.288. The molecule has 1 heterocycles. The van der Waals surface area contributed by atoms with Crippen LogP contribution in [0.3, 0.4) is 0 Å². The molecule has 1 fully saturated rings. The van der Waals surface area contributed by atoms with E-state index >= 15 is 0 Å². The van der Waals surface area contributed by atoms with Gasteiger partial charge >= 0.3 is 12.3 Å². The standard InChI is InChI=1S/C26H37ClF3NO4Si2/c1-23(2,3)36(7,8)34-20-18(27)15-17-19(21(20)35-37(9,10)24(4,5)6)31-22(32)33-25(17,26(28,29)30)14-13-16-11-12-16/h15-16H,11-12H2,1-10H3,(H,31,32). The van der Waals surface area contributed by atoms with E-state index in [1.54, 1.807) is 0 Å². The molecule has 2 aliphatic rings. The maximum Gasteiger partial charge on any atom is 0.445 e. The van der Waals surface area contributed by atoms with E-state index in [9.17, 15) is 18.0 Å². The summed E-state index contributed by atoms with van der Waals surface area (Å²) < 4.78 is 62.3. The second-order valence-corrected chi connectivity index (χ2v) is 22.8. The van der Waals surface area contributed by atoms with Crippen molar-refractivity contribution >= 4 is 40.0 Å². The van der Waals surface area contributed by atoms with Gasteiger partial charge in [-0.3, -0.25) is 5.32 Å². The molecule has 206 valence electrons. The molecule has 0 bridgehead atoms. The summed E-state index contributed by atoms with van der Waals surface area (Å²) in [6, 6.07) is 1.15. The molecule has 5 nitrogen and oxygen atoms in total. The highest BCUT2D eigenvalue weighted by Crippen LogP contribution is 2.56. The Morgan fingerprint density at radius 3 is 1.92 bits per heavy atom. The van der Waals surface area contributed by atoms with Crippen LogP contribution in [0.15, 0.2) is 6.07 Å². The molecule has 0 spiro atoms. The molecule has 1 unspecified atom stereocenters. The Morgan fingerprint density at radius 2 is 1.49 bits per heavy atom. The number of anilines is 1. The zero-order valence-corrected chi connectivity index (χ0v) is 26.0. The molecule has 0 radical (unpaired) electrons. The monoisotopic (exact) mass is 575 g/mol. The van der Waals surface area contributed by atoms with E-state index in [4.69, 9.17) is 25.2 Å². The maximum atomic E-state index is 14.7. The van der Waals surface area contributed by atoms with Gasteiger partial charge in [-0.25, -0.2) is 4.79 Å². The van der Waals surface area contributed by atoms with Crippen LogP contribution in [0, 0.1) is 17.8 Å². The largest absolute Gasteiger partial charge is 0.540 e. The van der Waals surface area contributed by atoms with Crippen molar-refractivity contribution < 1.29 is 31.6 Å². The number of nitrogens with one attached hydrogen (secondary N) is 1. The number of amides is 1. The van der Waals surface area contributed by atoms with Gasteiger partial charge in [0.25, 0.3) is 22.2 Å². The fraction of sp³-hybridized carbons (Fsp3) is 0.654. The first-order valence-corrected chi connectivity index (χ1v) is 18.6. The SMILES string of the molecule is CC(C)(C)[Si](C)(C)Oc1c(Cl)cc2c(c1O[Si](C)(C)C(C)(C)C)NC(=O)OC2(C#CC1CC1)C(F)(F)F. The lowest BCUT2D eigenvalue weighted by Crippen LogP contribution is -2.50. The Morgan fingerprint density at radius 1 is 1.00 bits per heavy atom. The third-order valence-electron chi connectivity index (χ3n) is 7.80. The van der Waals surface area contributed by atoms with Crippen LogP contribution in [-0.4, -0.2) is 28.9 Å². The number of carbonyl (C=O) groups is 1. The molecule has 1 atom stereocenters. The summed E-state index contributed by atoms with van der Waals surface area (Å²) in [5, 5.41) is 1.87. The van der Waals surface area contributed by atoms with Crippen LogP contribution in [-0.2, 0) is 10.3 Å². The fourth-order valence-electron chi connectivity index (χ4n) is 3.15. The first-order chi connectivity index (χ1) is 16.5. The average Bonchev–Trinajstić information content (AvgIpc) is 3.51. The Balaban J connectivity index is 2.38. The molecule has 1 aromatic carbocycles.